The van der Waals surface area contributed by atoms with E-state index in [4.69, 9.17) is 16.3 Å². The van der Waals surface area contributed by atoms with E-state index in [1.54, 1.807) is 42.5 Å². The summed E-state index contributed by atoms with van der Waals surface area (Å²) in [5.74, 6) is 0.434. The monoisotopic (exact) mass is 474 g/mol. The Hall–Kier alpha value is -2.88. The van der Waals surface area contributed by atoms with Crippen LogP contribution >= 0.6 is 11.6 Å². The molecule has 1 unspecified atom stereocenters. The van der Waals surface area contributed by atoms with Gasteiger partial charge in [-0.15, -0.1) is 0 Å². The summed E-state index contributed by atoms with van der Waals surface area (Å²) in [7, 11) is -3.57. The second kappa shape index (κ2) is 9.72. The lowest BCUT2D eigenvalue weighted by Gasteiger charge is -2.26. The normalized spacial score (nSPS) is 15.8. The van der Waals surface area contributed by atoms with Crippen LogP contribution in [0.15, 0.2) is 65.7 Å². The van der Waals surface area contributed by atoms with E-state index in [9.17, 15) is 13.2 Å². The molecule has 8 nitrogen and oxygen atoms in total. The highest BCUT2D eigenvalue weighted by molar-refractivity contribution is 7.89. The lowest BCUT2D eigenvalue weighted by atomic mass is 10.1. The summed E-state index contributed by atoms with van der Waals surface area (Å²) in [4.78, 5) is 13.2. The number of nitrogens with zero attached hydrogens (tertiary/aromatic N) is 2. The van der Waals surface area contributed by atoms with Crippen LogP contribution in [0.4, 0.5) is 5.82 Å². The van der Waals surface area contributed by atoms with Gasteiger partial charge in [0, 0.05) is 29.7 Å². The highest BCUT2D eigenvalue weighted by Crippen LogP contribution is 2.27. The number of halogens is 1. The molecule has 32 heavy (non-hydrogen) atoms. The standard InChI is InChI=1S/C22H23ClN4O4S/c23-17-6-8-18(9-7-17)31-21(22(28)25-20-12-13-24-26-20)16-4-10-19(11-5-16)32(29,30)27-14-2-1-3-15-27/h4-13,21H,1-3,14-15H2,(H2,24,25,26,28). The first-order chi connectivity index (χ1) is 15.4. The fourth-order valence-corrected chi connectivity index (χ4v) is 5.16. The van der Waals surface area contributed by atoms with Gasteiger partial charge in [-0.05, 0) is 49.2 Å². The Bertz CT molecular complexity index is 1140. The van der Waals surface area contributed by atoms with Crippen molar-refractivity contribution in [2.24, 2.45) is 0 Å². The first-order valence-electron chi connectivity index (χ1n) is 10.3. The van der Waals surface area contributed by atoms with Crippen molar-refractivity contribution in [3.05, 3.63) is 71.4 Å². The fourth-order valence-electron chi connectivity index (χ4n) is 3.51. The van der Waals surface area contributed by atoms with Crippen LogP contribution in [-0.2, 0) is 14.8 Å². The molecular weight excluding hydrogens is 452 g/mol. The molecule has 0 spiro atoms. The van der Waals surface area contributed by atoms with Crippen molar-refractivity contribution >= 4 is 33.3 Å². The number of amides is 1. The fraction of sp³-hybridized carbons (Fsp3) is 0.273. The predicted molar refractivity (Wildman–Crippen MR) is 121 cm³/mol. The first kappa shape index (κ1) is 22.3. The lowest BCUT2D eigenvalue weighted by Crippen LogP contribution is -2.35. The molecule has 4 rings (SSSR count). The van der Waals surface area contributed by atoms with Crippen LogP contribution in [0.3, 0.4) is 0 Å². The zero-order valence-electron chi connectivity index (χ0n) is 17.2. The molecule has 1 aromatic heterocycles. The van der Waals surface area contributed by atoms with E-state index in [-0.39, 0.29) is 4.90 Å². The summed E-state index contributed by atoms with van der Waals surface area (Å²) in [6, 6.07) is 14.5. The Kier molecular flexibility index (Phi) is 6.78. The Labute approximate surface area is 191 Å². The van der Waals surface area contributed by atoms with Gasteiger partial charge in [-0.2, -0.15) is 9.40 Å². The van der Waals surface area contributed by atoms with E-state index in [1.807, 2.05) is 0 Å². The maximum atomic E-state index is 13.0. The molecule has 2 aromatic carbocycles. The molecule has 0 saturated carbocycles. The van der Waals surface area contributed by atoms with Crippen molar-refractivity contribution in [1.29, 1.82) is 0 Å². The molecule has 1 aliphatic heterocycles. The molecule has 10 heteroatoms. The molecule has 168 valence electrons. The van der Waals surface area contributed by atoms with Crippen LogP contribution in [0.2, 0.25) is 5.02 Å². The van der Waals surface area contributed by atoms with Gasteiger partial charge in [0.1, 0.15) is 11.6 Å². The zero-order chi connectivity index (χ0) is 22.6. The number of sulfonamides is 1. The second-order valence-corrected chi connectivity index (χ2v) is 9.82. The highest BCUT2D eigenvalue weighted by Gasteiger charge is 2.28. The van der Waals surface area contributed by atoms with Crippen molar-refractivity contribution < 1.29 is 17.9 Å². The van der Waals surface area contributed by atoms with E-state index in [2.05, 4.69) is 15.5 Å². The summed E-state index contributed by atoms with van der Waals surface area (Å²) in [6.45, 7) is 1.05. The molecule has 0 radical (unpaired) electrons. The number of piperidine rings is 1. The molecule has 0 aliphatic carbocycles. The van der Waals surface area contributed by atoms with E-state index in [1.165, 1.54) is 22.6 Å². The topological polar surface area (TPSA) is 104 Å². The van der Waals surface area contributed by atoms with Gasteiger partial charge in [0.2, 0.25) is 16.1 Å². The minimum absolute atomic E-state index is 0.197. The largest absolute Gasteiger partial charge is 0.476 e. The Morgan fingerprint density at radius 3 is 2.34 bits per heavy atom. The van der Waals surface area contributed by atoms with Gasteiger partial charge in [0.05, 0.1) is 11.1 Å². The van der Waals surface area contributed by atoms with Crippen LogP contribution in [-0.4, -0.2) is 41.9 Å². The van der Waals surface area contributed by atoms with E-state index < -0.39 is 22.0 Å². The number of rotatable bonds is 7. The SMILES string of the molecule is O=C(Nc1ccn[nH]1)C(Oc1ccc(Cl)cc1)c1ccc(S(=O)(=O)N2CCCCC2)cc1. The third kappa shape index (κ3) is 5.12. The predicted octanol–water partition coefficient (Wildman–Crippen LogP) is 4.00. The number of anilines is 1. The van der Waals surface area contributed by atoms with Crippen molar-refractivity contribution in [2.75, 3.05) is 18.4 Å². The molecular formula is C22H23ClN4O4S. The number of H-pyrrole nitrogens is 1. The van der Waals surface area contributed by atoms with Crippen molar-refractivity contribution in [3.8, 4) is 5.75 Å². The summed E-state index contributed by atoms with van der Waals surface area (Å²) in [5, 5.41) is 9.75. The van der Waals surface area contributed by atoms with Gasteiger partial charge >= 0.3 is 0 Å². The number of hydrogen-bond donors (Lipinski definition) is 2. The van der Waals surface area contributed by atoms with Gasteiger partial charge < -0.3 is 10.1 Å². The molecule has 1 saturated heterocycles. The molecule has 1 atom stereocenters. The van der Waals surface area contributed by atoms with E-state index in [0.29, 0.717) is 35.2 Å². The molecule has 3 aromatic rings. The van der Waals surface area contributed by atoms with E-state index >= 15 is 0 Å². The van der Waals surface area contributed by atoms with Gasteiger partial charge in [-0.1, -0.05) is 30.2 Å². The van der Waals surface area contributed by atoms with Gasteiger partial charge in [-0.25, -0.2) is 8.42 Å². The quantitative estimate of drug-likeness (QED) is 0.538. The van der Waals surface area contributed by atoms with Crippen molar-refractivity contribution in [1.82, 2.24) is 14.5 Å². The number of aromatic amines is 1. The molecule has 1 amide bonds. The molecule has 2 heterocycles. The third-order valence-corrected chi connectivity index (χ3v) is 7.36. The minimum Gasteiger partial charge on any atom is -0.476 e. The van der Waals surface area contributed by atoms with Gasteiger partial charge in [0.25, 0.3) is 5.91 Å². The number of hydrogen-bond acceptors (Lipinski definition) is 5. The number of carbonyl (C=O) groups is 1. The van der Waals surface area contributed by atoms with Crippen LogP contribution in [0.5, 0.6) is 5.75 Å². The van der Waals surface area contributed by atoms with Crippen LogP contribution < -0.4 is 10.1 Å². The average Bonchev–Trinajstić information content (AvgIpc) is 3.32. The number of aromatic nitrogens is 2. The number of carbonyl (C=O) groups excluding carboxylic acids is 1. The summed E-state index contributed by atoms with van der Waals surface area (Å²) < 4.78 is 33.3. The Morgan fingerprint density at radius 2 is 1.72 bits per heavy atom. The molecule has 0 bridgehead atoms. The third-order valence-electron chi connectivity index (χ3n) is 5.20. The van der Waals surface area contributed by atoms with Crippen LogP contribution in [0.25, 0.3) is 0 Å². The Morgan fingerprint density at radius 1 is 1.03 bits per heavy atom. The number of nitrogens with one attached hydrogen (secondary N) is 2. The van der Waals surface area contributed by atoms with Crippen molar-refractivity contribution in [3.63, 3.8) is 0 Å². The minimum atomic E-state index is -3.57. The maximum Gasteiger partial charge on any atom is 0.271 e. The zero-order valence-corrected chi connectivity index (χ0v) is 18.8. The summed E-state index contributed by atoms with van der Waals surface area (Å²) in [5.41, 5.74) is 0.509. The van der Waals surface area contributed by atoms with E-state index in [0.717, 1.165) is 19.3 Å². The molecule has 1 fully saturated rings. The lowest BCUT2D eigenvalue weighted by molar-refractivity contribution is -0.123. The number of ether oxygens (including phenoxy) is 1. The maximum absolute atomic E-state index is 13.0. The average molecular weight is 475 g/mol. The van der Waals surface area contributed by atoms with Crippen molar-refractivity contribution in [2.45, 2.75) is 30.3 Å². The van der Waals surface area contributed by atoms with Gasteiger partial charge in [-0.3, -0.25) is 9.89 Å². The molecule has 1 aliphatic rings. The first-order valence-corrected chi connectivity index (χ1v) is 12.1. The highest BCUT2D eigenvalue weighted by atomic mass is 35.5. The van der Waals surface area contributed by atoms with Crippen LogP contribution in [0, 0.1) is 0 Å². The summed E-state index contributed by atoms with van der Waals surface area (Å²) in [6.07, 6.45) is 3.26. The number of benzene rings is 2. The second-order valence-electron chi connectivity index (χ2n) is 7.45. The smallest absolute Gasteiger partial charge is 0.271 e. The van der Waals surface area contributed by atoms with Crippen LogP contribution in [0.1, 0.15) is 30.9 Å². The summed E-state index contributed by atoms with van der Waals surface area (Å²) >= 11 is 5.94. The van der Waals surface area contributed by atoms with Gasteiger partial charge in [0.15, 0.2) is 0 Å². The Balaban J connectivity index is 1.59. The molecule has 2 N–H and O–H groups in total.